The summed E-state index contributed by atoms with van der Waals surface area (Å²) in [5.41, 5.74) is 0.168. The number of nitrogens with zero attached hydrogens (tertiary/aromatic N) is 1. The van der Waals surface area contributed by atoms with Gasteiger partial charge in [-0.2, -0.15) is 0 Å². The lowest BCUT2D eigenvalue weighted by Crippen LogP contribution is -2.11. The van der Waals surface area contributed by atoms with Gasteiger partial charge in [0.25, 0.3) is 5.56 Å². The van der Waals surface area contributed by atoms with E-state index in [4.69, 9.17) is 0 Å². The maximum Gasteiger partial charge on any atom is 0.260 e. The Labute approximate surface area is 153 Å². The Morgan fingerprint density at radius 3 is 1.50 bits per heavy atom. The van der Waals surface area contributed by atoms with Gasteiger partial charge in [-0.3, -0.25) is 8.75 Å². The smallest absolute Gasteiger partial charge is 0.260 e. The van der Waals surface area contributed by atoms with Crippen LogP contribution in [0.1, 0.15) is 110 Å². The minimum atomic E-state index is 0.168. The highest BCUT2D eigenvalue weighted by Crippen LogP contribution is 2.13. The van der Waals surface area contributed by atoms with Crippen LogP contribution in [0.4, 0.5) is 0 Å². The zero-order valence-corrected chi connectivity index (χ0v) is 16.8. The molecule has 0 fully saturated rings. The Hall–Kier alpha value is -0.570. The van der Waals surface area contributed by atoms with Gasteiger partial charge in [0.1, 0.15) is 0 Å². The van der Waals surface area contributed by atoms with E-state index in [2.05, 4.69) is 6.92 Å². The molecule has 2 nitrogen and oxygen atoms in total. The van der Waals surface area contributed by atoms with Crippen molar-refractivity contribution in [1.82, 2.24) is 3.96 Å². The van der Waals surface area contributed by atoms with E-state index in [1.807, 2.05) is 9.34 Å². The van der Waals surface area contributed by atoms with Crippen molar-refractivity contribution >= 4 is 11.5 Å². The van der Waals surface area contributed by atoms with Gasteiger partial charge in [-0.1, -0.05) is 115 Å². The summed E-state index contributed by atoms with van der Waals surface area (Å²) in [6, 6.07) is 1.66. The molecule has 0 saturated carbocycles. The van der Waals surface area contributed by atoms with Crippen LogP contribution in [-0.4, -0.2) is 3.96 Å². The lowest BCUT2D eigenvalue weighted by Gasteiger charge is -2.04. The molecule has 1 aromatic rings. The molecule has 0 aliphatic rings. The minimum absolute atomic E-state index is 0.168. The molecule has 0 bridgehead atoms. The fourth-order valence-electron chi connectivity index (χ4n) is 3.26. The van der Waals surface area contributed by atoms with Crippen molar-refractivity contribution < 1.29 is 0 Å². The third-order valence-corrected chi connectivity index (χ3v) is 5.73. The maximum absolute atomic E-state index is 11.4. The number of aromatic nitrogens is 1. The molecular weight excluding hydrogens is 314 g/mol. The molecule has 140 valence electrons. The van der Waals surface area contributed by atoms with Gasteiger partial charge in [-0.05, 0) is 6.42 Å². The lowest BCUT2D eigenvalue weighted by atomic mass is 10.0. The van der Waals surface area contributed by atoms with E-state index in [0.29, 0.717) is 0 Å². The summed E-state index contributed by atoms with van der Waals surface area (Å²) < 4.78 is 1.86. The normalized spacial score (nSPS) is 11.2. The first-order valence-electron chi connectivity index (χ1n) is 10.5. The second-order valence-corrected chi connectivity index (χ2v) is 8.08. The molecule has 0 amide bonds. The first-order chi connectivity index (χ1) is 11.8. The van der Waals surface area contributed by atoms with Crippen molar-refractivity contribution in [3.05, 3.63) is 21.8 Å². The van der Waals surface area contributed by atoms with E-state index in [-0.39, 0.29) is 5.56 Å². The van der Waals surface area contributed by atoms with Crippen LogP contribution in [0.5, 0.6) is 0 Å². The van der Waals surface area contributed by atoms with E-state index in [9.17, 15) is 4.79 Å². The molecule has 1 rings (SSSR count). The Bertz CT molecular complexity index is 423. The molecule has 0 aliphatic heterocycles. The quantitative estimate of drug-likeness (QED) is 0.272. The van der Waals surface area contributed by atoms with Crippen LogP contribution in [0.3, 0.4) is 0 Å². The van der Waals surface area contributed by atoms with E-state index in [1.165, 1.54) is 96.3 Å². The van der Waals surface area contributed by atoms with Crippen molar-refractivity contribution in [2.45, 2.75) is 116 Å². The Morgan fingerprint density at radius 1 is 0.708 bits per heavy atom. The molecule has 24 heavy (non-hydrogen) atoms. The number of unbranched alkanes of at least 4 members (excludes halogenated alkanes) is 15. The Kier molecular flexibility index (Phi) is 14.3. The maximum atomic E-state index is 11.4. The zero-order chi connectivity index (χ0) is 17.3. The summed E-state index contributed by atoms with van der Waals surface area (Å²) in [5, 5.41) is 1.88. The SMILES string of the molecule is CCCCCCCCCCCCCCCCCCn1sccc1=O. The van der Waals surface area contributed by atoms with Crippen LogP contribution in [0.2, 0.25) is 0 Å². The zero-order valence-electron chi connectivity index (χ0n) is 15.9. The summed E-state index contributed by atoms with van der Waals surface area (Å²) >= 11 is 1.54. The van der Waals surface area contributed by atoms with Crippen molar-refractivity contribution in [2.24, 2.45) is 0 Å². The molecule has 1 heterocycles. The predicted molar refractivity (Wildman–Crippen MR) is 108 cm³/mol. The third-order valence-electron chi connectivity index (χ3n) is 4.86. The van der Waals surface area contributed by atoms with Crippen LogP contribution in [0.25, 0.3) is 0 Å². The van der Waals surface area contributed by atoms with Crippen LogP contribution in [0, 0.1) is 0 Å². The molecule has 0 atom stereocenters. The van der Waals surface area contributed by atoms with Gasteiger partial charge in [0.15, 0.2) is 0 Å². The monoisotopic (exact) mass is 353 g/mol. The van der Waals surface area contributed by atoms with Gasteiger partial charge in [0.2, 0.25) is 0 Å². The molecule has 0 N–H and O–H groups in total. The first-order valence-corrected chi connectivity index (χ1v) is 11.3. The van der Waals surface area contributed by atoms with Gasteiger partial charge in [-0.15, -0.1) is 0 Å². The summed E-state index contributed by atoms with van der Waals surface area (Å²) in [4.78, 5) is 11.4. The highest BCUT2D eigenvalue weighted by Gasteiger charge is 1.97. The second-order valence-electron chi connectivity index (χ2n) is 7.15. The summed E-state index contributed by atoms with van der Waals surface area (Å²) in [6.45, 7) is 3.20. The van der Waals surface area contributed by atoms with Crippen molar-refractivity contribution in [2.75, 3.05) is 0 Å². The summed E-state index contributed by atoms with van der Waals surface area (Å²) in [6.07, 6.45) is 22.3. The predicted octanol–water partition coefficient (Wildman–Crippen LogP) is 7.17. The molecule has 3 heteroatoms. The van der Waals surface area contributed by atoms with Crippen LogP contribution >= 0.6 is 11.5 Å². The fourth-order valence-corrected chi connectivity index (χ4v) is 3.99. The molecular formula is C21H39NOS. The molecule has 0 unspecified atom stereocenters. The third kappa shape index (κ3) is 11.9. The lowest BCUT2D eigenvalue weighted by molar-refractivity contribution is 0.523. The van der Waals surface area contributed by atoms with Gasteiger partial charge < -0.3 is 0 Å². The van der Waals surface area contributed by atoms with E-state index in [0.717, 1.165) is 13.0 Å². The van der Waals surface area contributed by atoms with E-state index < -0.39 is 0 Å². The first kappa shape index (κ1) is 21.5. The molecule has 0 spiro atoms. The number of hydrogen-bond acceptors (Lipinski definition) is 2. The van der Waals surface area contributed by atoms with Crippen molar-refractivity contribution in [3.8, 4) is 0 Å². The highest BCUT2D eigenvalue weighted by molar-refractivity contribution is 7.04. The summed E-state index contributed by atoms with van der Waals surface area (Å²) in [7, 11) is 0. The van der Waals surface area contributed by atoms with Crippen LogP contribution in [-0.2, 0) is 6.54 Å². The van der Waals surface area contributed by atoms with Crippen LogP contribution in [0.15, 0.2) is 16.2 Å². The van der Waals surface area contributed by atoms with Gasteiger partial charge in [0, 0.05) is 18.0 Å². The Balaban J connectivity index is 1.72. The molecule has 1 aromatic heterocycles. The number of rotatable bonds is 17. The Morgan fingerprint density at radius 2 is 1.12 bits per heavy atom. The molecule has 0 aliphatic carbocycles. The van der Waals surface area contributed by atoms with Crippen LogP contribution < -0.4 is 5.56 Å². The molecule has 0 saturated heterocycles. The summed E-state index contributed by atoms with van der Waals surface area (Å²) in [5.74, 6) is 0. The number of hydrogen-bond donors (Lipinski definition) is 0. The van der Waals surface area contributed by atoms with Gasteiger partial charge >= 0.3 is 0 Å². The molecule has 0 aromatic carbocycles. The fraction of sp³-hybridized carbons (Fsp3) is 0.857. The topological polar surface area (TPSA) is 22.0 Å². The largest absolute Gasteiger partial charge is 0.268 e. The minimum Gasteiger partial charge on any atom is -0.268 e. The van der Waals surface area contributed by atoms with E-state index >= 15 is 0 Å². The van der Waals surface area contributed by atoms with E-state index in [1.54, 1.807) is 17.6 Å². The highest BCUT2D eigenvalue weighted by atomic mass is 32.1. The average Bonchev–Trinajstić information content (AvgIpc) is 2.99. The van der Waals surface area contributed by atoms with Crippen molar-refractivity contribution in [3.63, 3.8) is 0 Å². The average molecular weight is 354 g/mol. The van der Waals surface area contributed by atoms with Gasteiger partial charge in [-0.25, -0.2) is 0 Å². The van der Waals surface area contributed by atoms with Crippen molar-refractivity contribution in [1.29, 1.82) is 0 Å². The standard InChI is InChI=1S/C21H39NOS/c1-2-3-4-5-6-7-8-9-10-11-12-13-14-15-16-17-19-22-21(23)18-20-24-22/h18,20H,2-17,19H2,1H3. The number of aryl methyl sites for hydroxylation is 1. The van der Waals surface area contributed by atoms with Gasteiger partial charge in [0.05, 0.1) is 0 Å². The second kappa shape index (κ2) is 15.9. The molecule has 0 radical (unpaired) electrons.